The van der Waals surface area contributed by atoms with Gasteiger partial charge in [0.2, 0.25) is 0 Å². The van der Waals surface area contributed by atoms with Gasteiger partial charge in [0.1, 0.15) is 5.69 Å². The van der Waals surface area contributed by atoms with Crippen LogP contribution in [-0.2, 0) is 6.42 Å². The van der Waals surface area contributed by atoms with Crippen LogP contribution < -0.4 is 5.32 Å². The maximum absolute atomic E-state index is 11.8. The van der Waals surface area contributed by atoms with E-state index in [-0.39, 0.29) is 5.91 Å². The van der Waals surface area contributed by atoms with Crippen molar-refractivity contribution in [2.75, 3.05) is 26.0 Å². The van der Waals surface area contributed by atoms with Gasteiger partial charge in [0.25, 0.3) is 5.91 Å². The zero-order valence-corrected chi connectivity index (χ0v) is 11.7. The molecule has 0 unspecified atom stereocenters. The van der Waals surface area contributed by atoms with E-state index in [1.807, 2.05) is 24.3 Å². The molecule has 0 radical (unpaired) electrons. The summed E-state index contributed by atoms with van der Waals surface area (Å²) in [5, 5.41) is 3.28. The van der Waals surface area contributed by atoms with E-state index in [1.165, 1.54) is 4.90 Å². The largest absolute Gasteiger partial charge is 0.385 e. The second-order valence-electron chi connectivity index (χ2n) is 4.63. The normalized spacial score (nSPS) is 10.1. The fourth-order valence-electron chi connectivity index (χ4n) is 1.77. The average Bonchev–Trinajstić information content (AvgIpc) is 2.48. The molecule has 104 valence electrons. The van der Waals surface area contributed by atoms with E-state index >= 15 is 0 Å². The summed E-state index contributed by atoms with van der Waals surface area (Å²) in [5.74, 6) is -0.0987. The quantitative estimate of drug-likeness (QED) is 0.900. The minimum absolute atomic E-state index is 0.0987. The molecule has 0 saturated carbocycles. The van der Waals surface area contributed by atoms with Crippen LogP contribution in [0.4, 0.5) is 5.69 Å². The van der Waals surface area contributed by atoms with E-state index in [0.29, 0.717) is 5.69 Å². The molecule has 0 fully saturated rings. The van der Waals surface area contributed by atoms with Crippen LogP contribution in [0.25, 0.3) is 0 Å². The molecule has 2 rings (SSSR count). The van der Waals surface area contributed by atoms with Gasteiger partial charge in [-0.25, -0.2) is 0 Å². The standard InChI is InChI=1S/C15H18N4O/c1-19(2)15(20)14-11-13(7-10-18-14)17-9-6-12-5-3-4-8-16-12/h3-5,7-8,10-11H,6,9H2,1-2H3,(H,17,18). The molecule has 0 bridgehead atoms. The van der Waals surface area contributed by atoms with E-state index in [0.717, 1.165) is 24.3 Å². The maximum Gasteiger partial charge on any atom is 0.272 e. The number of carbonyl (C=O) groups excluding carboxylic acids is 1. The fourth-order valence-corrected chi connectivity index (χ4v) is 1.77. The number of aromatic nitrogens is 2. The molecule has 2 aromatic heterocycles. The van der Waals surface area contributed by atoms with Gasteiger partial charge in [-0.15, -0.1) is 0 Å². The minimum Gasteiger partial charge on any atom is -0.385 e. The first-order valence-electron chi connectivity index (χ1n) is 6.48. The lowest BCUT2D eigenvalue weighted by molar-refractivity contribution is 0.0822. The van der Waals surface area contributed by atoms with Crippen molar-refractivity contribution in [3.8, 4) is 0 Å². The van der Waals surface area contributed by atoms with Gasteiger partial charge in [-0.3, -0.25) is 14.8 Å². The molecule has 1 amide bonds. The Morgan fingerprint density at radius 3 is 2.75 bits per heavy atom. The summed E-state index contributed by atoms with van der Waals surface area (Å²) in [6, 6.07) is 9.49. The molecule has 1 N–H and O–H groups in total. The van der Waals surface area contributed by atoms with Crippen molar-refractivity contribution in [2.45, 2.75) is 6.42 Å². The van der Waals surface area contributed by atoms with Crippen LogP contribution in [0, 0.1) is 0 Å². The van der Waals surface area contributed by atoms with E-state index < -0.39 is 0 Å². The van der Waals surface area contributed by atoms with Crippen molar-refractivity contribution in [3.05, 3.63) is 54.1 Å². The van der Waals surface area contributed by atoms with Crippen molar-refractivity contribution < 1.29 is 4.79 Å². The first-order valence-corrected chi connectivity index (χ1v) is 6.48. The zero-order chi connectivity index (χ0) is 14.4. The van der Waals surface area contributed by atoms with Gasteiger partial charge < -0.3 is 10.2 Å². The van der Waals surface area contributed by atoms with Gasteiger partial charge in [-0.05, 0) is 24.3 Å². The van der Waals surface area contributed by atoms with E-state index in [2.05, 4.69) is 15.3 Å². The van der Waals surface area contributed by atoms with Crippen LogP contribution in [-0.4, -0.2) is 41.4 Å². The number of carbonyl (C=O) groups is 1. The molecule has 5 nitrogen and oxygen atoms in total. The average molecular weight is 270 g/mol. The number of amides is 1. The molecule has 0 spiro atoms. The maximum atomic E-state index is 11.8. The molecular formula is C15H18N4O. The summed E-state index contributed by atoms with van der Waals surface area (Å²) < 4.78 is 0. The van der Waals surface area contributed by atoms with E-state index in [9.17, 15) is 4.79 Å². The van der Waals surface area contributed by atoms with Crippen molar-refractivity contribution in [1.82, 2.24) is 14.9 Å². The Hall–Kier alpha value is -2.43. The molecular weight excluding hydrogens is 252 g/mol. The summed E-state index contributed by atoms with van der Waals surface area (Å²) >= 11 is 0. The Morgan fingerprint density at radius 1 is 1.20 bits per heavy atom. The second-order valence-corrected chi connectivity index (χ2v) is 4.63. The summed E-state index contributed by atoms with van der Waals surface area (Å²) in [7, 11) is 3.43. The molecule has 2 heterocycles. The lowest BCUT2D eigenvalue weighted by atomic mass is 10.2. The van der Waals surface area contributed by atoms with Gasteiger partial charge in [-0.2, -0.15) is 0 Å². The molecule has 20 heavy (non-hydrogen) atoms. The van der Waals surface area contributed by atoms with Gasteiger partial charge in [0.05, 0.1) is 0 Å². The number of pyridine rings is 2. The molecule has 0 aliphatic rings. The number of nitrogens with zero attached hydrogens (tertiary/aromatic N) is 3. The van der Waals surface area contributed by atoms with Crippen LogP contribution in [0.15, 0.2) is 42.7 Å². The molecule has 0 aliphatic carbocycles. The predicted molar refractivity (Wildman–Crippen MR) is 78.7 cm³/mol. The first kappa shape index (κ1) is 14.0. The highest BCUT2D eigenvalue weighted by Crippen LogP contribution is 2.09. The number of hydrogen-bond acceptors (Lipinski definition) is 4. The number of nitrogens with one attached hydrogen (secondary N) is 1. The third kappa shape index (κ3) is 3.78. The molecule has 0 atom stereocenters. The summed E-state index contributed by atoms with van der Waals surface area (Å²) in [6.07, 6.45) is 4.26. The number of rotatable bonds is 5. The Bertz CT molecular complexity index is 569. The smallest absolute Gasteiger partial charge is 0.272 e. The zero-order valence-electron chi connectivity index (χ0n) is 11.7. The third-order valence-corrected chi connectivity index (χ3v) is 2.82. The molecule has 0 aromatic carbocycles. The van der Waals surface area contributed by atoms with Crippen LogP contribution in [0.2, 0.25) is 0 Å². The van der Waals surface area contributed by atoms with Crippen LogP contribution in [0.5, 0.6) is 0 Å². The molecule has 0 saturated heterocycles. The summed E-state index contributed by atoms with van der Waals surface area (Å²) in [4.78, 5) is 21.7. The fraction of sp³-hybridized carbons (Fsp3) is 0.267. The van der Waals surface area contributed by atoms with Gasteiger partial charge >= 0.3 is 0 Å². The number of anilines is 1. The van der Waals surface area contributed by atoms with Crippen LogP contribution >= 0.6 is 0 Å². The molecule has 5 heteroatoms. The monoisotopic (exact) mass is 270 g/mol. The molecule has 0 aliphatic heterocycles. The van der Waals surface area contributed by atoms with E-state index in [1.54, 1.807) is 32.6 Å². The third-order valence-electron chi connectivity index (χ3n) is 2.82. The second kappa shape index (κ2) is 6.65. The molecule has 2 aromatic rings. The Morgan fingerprint density at radius 2 is 2.05 bits per heavy atom. The van der Waals surface area contributed by atoms with Crippen molar-refractivity contribution >= 4 is 11.6 Å². The highest BCUT2D eigenvalue weighted by Gasteiger charge is 2.09. The van der Waals surface area contributed by atoms with Crippen LogP contribution in [0.3, 0.4) is 0 Å². The van der Waals surface area contributed by atoms with Crippen LogP contribution in [0.1, 0.15) is 16.2 Å². The lowest BCUT2D eigenvalue weighted by Gasteiger charge is -2.11. The van der Waals surface area contributed by atoms with Gasteiger partial charge in [-0.1, -0.05) is 6.07 Å². The Labute approximate surface area is 118 Å². The Balaban J connectivity index is 1.93. The minimum atomic E-state index is -0.0987. The number of hydrogen-bond donors (Lipinski definition) is 1. The summed E-state index contributed by atoms with van der Waals surface area (Å²) in [6.45, 7) is 0.761. The van der Waals surface area contributed by atoms with Crippen molar-refractivity contribution in [1.29, 1.82) is 0 Å². The van der Waals surface area contributed by atoms with Gasteiger partial charge in [0, 0.05) is 50.8 Å². The van der Waals surface area contributed by atoms with Crippen molar-refractivity contribution in [3.63, 3.8) is 0 Å². The first-order chi connectivity index (χ1) is 9.66. The topological polar surface area (TPSA) is 58.1 Å². The van der Waals surface area contributed by atoms with Crippen molar-refractivity contribution in [2.24, 2.45) is 0 Å². The highest BCUT2D eigenvalue weighted by molar-refractivity contribution is 5.92. The Kier molecular flexibility index (Phi) is 4.65. The SMILES string of the molecule is CN(C)C(=O)c1cc(NCCc2ccccn2)ccn1. The van der Waals surface area contributed by atoms with E-state index in [4.69, 9.17) is 0 Å². The van der Waals surface area contributed by atoms with Gasteiger partial charge in [0.15, 0.2) is 0 Å². The lowest BCUT2D eigenvalue weighted by Crippen LogP contribution is -2.22. The highest BCUT2D eigenvalue weighted by atomic mass is 16.2. The summed E-state index contributed by atoms with van der Waals surface area (Å²) in [5.41, 5.74) is 2.37. The predicted octanol–water partition coefficient (Wildman–Crippen LogP) is 1.83.